The molecule has 66 valence electrons. The number of rotatable bonds is 0. The van der Waals surface area contributed by atoms with Crippen LogP contribution in [0.5, 0.6) is 0 Å². The maximum absolute atomic E-state index is 5.73. The predicted octanol–water partition coefficient (Wildman–Crippen LogP) is 2.38. The fraction of sp³-hybridized carbons (Fsp3) is 0. The van der Waals surface area contributed by atoms with Gasteiger partial charge in [-0.3, -0.25) is 0 Å². The molecule has 0 radical (unpaired) electrons. The first-order valence-corrected chi connectivity index (χ1v) is 4.31. The van der Waals surface area contributed by atoms with Crippen LogP contribution in [0.1, 0.15) is 0 Å². The van der Waals surface area contributed by atoms with Gasteiger partial charge in [-0.15, -0.1) is 0 Å². The summed E-state index contributed by atoms with van der Waals surface area (Å²) < 4.78 is 0. The fourth-order valence-corrected chi connectivity index (χ4v) is 1.38. The third-order valence-electron chi connectivity index (χ3n) is 1.31. The van der Waals surface area contributed by atoms with E-state index >= 15 is 0 Å². The second kappa shape index (κ2) is 3.21. The Morgan fingerprint density at radius 1 is 1.00 bits per heavy atom. The van der Waals surface area contributed by atoms with Crippen molar-refractivity contribution in [3.8, 4) is 0 Å². The van der Waals surface area contributed by atoms with E-state index in [4.69, 9.17) is 34.8 Å². The van der Waals surface area contributed by atoms with E-state index in [1.54, 1.807) is 0 Å². The highest BCUT2D eigenvalue weighted by Crippen LogP contribution is 2.19. The standard InChI is InChI=1S/C6HCl3N4/c7-2-1-10-3-4(8)12-6(9)13-5(3)11-2/h1H. The second-order valence-corrected chi connectivity index (χ2v) is 3.23. The summed E-state index contributed by atoms with van der Waals surface area (Å²) in [6, 6.07) is 0. The summed E-state index contributed by atoms with van der Waals surface area (Å²) in [5.74, 6) is 0. The van der Waals surface area contributed by atoms with E-state index < -0.39 is 0 Å². The molecule has 0 spiro atoms. The van der Waals surface area contributed by atoms with E-state index in [-0.39, 0.29) is 21.2 Å². The van der Waals surface area contributed by atoms with E-state index in [1.165, 1.54) is 6.20 Å². The lowest BCUT2D eigenvalue weighted by Gasteiger charge is -1.97. The molecule has 0 aliphatic rings. The topological polar surface area (TPSA) is 51.6 Å². The minimum Gasteiger partial charge on any atom is -0.246 e. The van der Waals surface area contributed by atoms with Gasteiger partial charge in [0.15, 0.2) is 10.8 Å². The first-order chi connectivity index (χ1) is 6.16. The van der Waals surface area contributed by atoms with Gasteiger partial charge in [-0.2, -0.15) is 4.98 Å². The molecule has 13 heavy (non-hydrogen) atoms. The third kappa shape index (κ3) is 1.65. The van der Waals surface area contributed by atoms with Crippen LogP contribution in [-0.4, -0.2) is 19.9 Å². The summed E-state index contributed by atoms with van der Waals surface area (Å²) in [5.41, 5.74) is 0.674. The van der Waals surface area contributed by atoms with Crippen molar-refractivity contribution in [1.29, 1.82) is 0 Å². The summed E-state index contributed by atoms with van der Waals surface area (Å²) in [6.07, 6.45) is 1.37. The minimum absolute atomic E-state index is 0.0223. The molecule has 2 heterocycles. The first kappa shape index (κ1) is 8.87. The molecular formula is C6HCl3N4. The zero-order valence-corrected chi connectivity index (χ0v) is 8.27. The number of aromatic nitrogens is 4. The molecule has 0 amide bonds. The van der Waals surface area contributed by atoms with Gasteiger partial charge >= 0.3 is 0 Å². The van der Waals surface area contributed by atoms with Crippen LogP contribution in [0.3, 0.4) is 0 Å². The molecule has 0 aliphatic heterocycles. The van der Waals surface area contributed by atoms with Crippen LogP contribution in [0, 0.1) is 0 Å². The SMILES string of the molecule is Clc1cnc2c(Cl)nc(Cl)nc2n1. The van der Waals surface area contributed by atoms with Crippen molar-refractivity contribution >= 4 is 46.0 Å². The number of hydrogen-bond acceptors (Lipinski definition) is 4. The van der Waals surface area contributed by atoms with Gasteiger partial charge in [0.1, 0.15) is 10.7 Å². The lowest BCUT2D eigenvalue weighted by Crippen LogP contribution is -1.92. The molecule has 2 aromatic heterocycles. The van der Waals surface area contributed by atoms with Crippen LogP contribution in [0.15, 0.2) is 6.20 Å². The van der Waals surface area contributed by atoms with Gasteiger partial charge in [-0.05, 0) is 11.6 Å². The summed E-state index contributed by atoms with van der Waals surface area (Å²) in [6.45, 7) is 0. The highest BCUT2D eigenvalue weighted by atomic mass is 35.5. The number of halogens is 3. The summed E-state index contributed by atoms with van der Waals surface area (Å²) >= 11 is 16.9. The Labute approximate surface area is 87.9 Å². The average Bonchev–Trinajstić information content (AvgIpc) is 2.02. The van der Waals surface area contributed by atoms with Gasteiger partial charge in [0.2, 0.25) is 5.28 Å². The van der Waals surface area contributed by atoms with Gasteiger partial charge < -0.3 is 0 Å². The third-order valence-corrected chi connectivity index (χ3v) is 1.92. The molecule has 0 bridgehead atoms. The molecule has 0 N–H and O–H groups in total. The van der Waals surface area contributed by atoms with Gasteiger partial charge in [0, 0.05) is 0 Å². The van der Waals surface area contributed by atoms with Gasteiger partial charge in [0.25, 0.3) is 0 Å². The quantitative estimate of drug-likeness (QED) is 0.520. The van der Waals surface area contributed by atoms with Crippen molar-refractivity contribution in [1.82, 2.24) is 19.9 Å². The number of nitrogens with zero attached hydrogens (tertiary/aromatic N) is 4. The van der Waals surface area contributed by atoms with Crippen LogP contribution >= 0.6 is 34.8 Å². The van der Waals surface area contributed by atoms with Crippen molar-refractivity contribution in [3.63, 3.8) is 0 Å². The minimum atomic E-state index is 0.0223. The largest absolute Gasteiger partial charge is 0.246 e. The van der Waals surface area contributed by atoms with Gasteiger partial charge in [0.05, 0.1) is 6.20 Å². The summed E-state index contributed by atoms with van der Waals surface area (Å²) in [5, 5.41) is 0.423. The monoisotopic (exact) mass is 234 g/mol. The summed E-state index contributed by atoms with van der Waals surface area (Å²) in [7, 11) is 0. The van der Waals surface area contributed by atoms with Crippen LogP contribution < -0.4 is 0 Å². The zero-order valence-electron chi connectivity index (χ0n) is 6.00. The summed E-state index contributed by atoms with van der Waals surface area (Å²) in [4.78, 5) is 15.3. The fourth-order valence-electron chi connectivity index (χ4n) is 0.828. The van der Waals surface area contributed by atoms with E-state index in [9.17, 15) is 0 Å². The Balaban J connectivity index is 2.86. The number of hydrogen-bond donors (Lipinski definition) is 0. The maximum atomic E-state index is 5.73. The van der Waals surface area contributed by atoms with E-state index in [0.29, 0.717) is 5.52 Å². The van der Waals surface area contributed by atoms with Crippen LogP contribution in [0.4, 0.5) is 0 Å². The smallest absolute Gasteiger partial charge is 0.225 e. The lowest BCUT2D eigenvalue weighted by atomic mass is 10.5. The molecule has 0 aliphatic carbocycles. The Morgan fingerprint density at radius 3 is 2.54 bits per heavy atom. The van der Waals surface area contributed by atoms with E-state index in [1.807, 2.05) is 0 Å². The first-order valence-electron chi connectivity index (χ1n) is 3.18. The molecule has 0 unspecified atom stereocenters. The Morgan fingerprint density at radius 2 is 1.77 bits per heavy atom. The lowest BCUT2D eigenvalue weighted by molar-refractivity contribution is 1.15. The molecule has 2 aromatic rings. The van der Waals surface area contributed by atoms with E-state index in [2.05, 4.69) is 19.9 Å². The Bertz CT molecular complexity index is 467. The molecule has 0 aromatic carbocycles. The molecule has 0 saturated heterocycles. The molecular weight excluding hydrogens is 234 g/mol. The molecule has 2 rings (SSSR count). The van der Waals surface area contributed by atoms with Crippen molar-refractivity contribution in [2.24, 2.45) is 0 Å². The zero-order chi connectivity index (χ0) is 9.42. The van der Waals surface area contributed by atoms with Crippen molar-refractivity contribution in [2.45, 2.75) is 0 Å². The van der Waals surface area contributed by atoms with Crippen LogP contribution in [0.2, 0.25) is 15.6 Å². The van der Waals surface area contributed by atoms with Gasteiger partial charge in [-0.25, -0.2) is 15.0 Å². The van der Waals surface area contributed by atoms with Gasteiger partial charge in [-0.1, -0.05) is 23.2 Å². The molecule has 4 nitrogen and oxygen atoms in total. The number of fused-ring (bicyclic) bond motifs is 1. The molecule has 7 heteroatoms. The van der Waals surface area contributed by atoms with Crippen molar-refractivity contribution < 1.29 is 0 Å². The predicted molar refractivity (Wildman–Crippen MR) is 50.2 cm³/mol. The molecule has 0 saturated carbocycles. The van der Waals surface area contributed by atoms with Crippen molar-refractivity contribution in [2.75, 3.05) is 0 Å². The normalized spacial score (nSPS) is 10.7. The molecule has 0 atom stereocenters. The van der Waals surface area contributed by atoms with Crippen LogP contribution in [-0.2, 0) is 0 Å². The Kier molecular flexibility index (Phi) is 2.19. The molecule has 0 fully saturated rings. The van der Waals surface area contributed by atoms with Crippen LogP contribution in [0.25, 0.3) is 11.2 Å². The second-order valence-electron chi connectivity index (χ2n) is 2.15. The van der Waals surface area contributed by atoms with Crippen molar-refractivity contribution in [3.05, 3.63) is 21.8 Å². The highest BCUT2D eigenvalue weighted by molar-refractivity contribution is 6.35. The Hall–Kier alpha value is -0.710. The van der Waals surface area contributed by atoms with E-state index in [0.717, 1.165) is 0 Å². The average molecular weight is 235 g/mol. The maximum Gasteiger partial charge on any atom is 0.225 e. The highest BCUT2D eigenvalue weighted by Gasteiger charge is 2.07.